The first-order chi connectivity index (χ1) is 6.45. The van der Waals surface area contributed by atoms with Crippen LogP contribution in [-0.4, -0.2) is 0 Å². The summed E-state index contributed by atoms with van der Waals surface area (Å²) in [4.78, 5) is 0. The number of hydrogen-bond donors (Lipinski definition) is 0. The van der Waals surface area contributed by atoms with Gasteiger partial charge < -0.3 is 0 Å². The third-order valence-electron chi connectivity index (χ3n) is 1.78. The molecule has 63 valence electrons. The van der Waals surface area contributed by atoms with E-state index in [9.17, 15) is 0 Å². The van der Waals surface area contributed by atoms with Gasteiger partial charge in [-0.3, -0.25) is 0 Å². The molecule has 1 heteroatoms. The van der Waals surface area contributed by atoms with E-state index in [0.29, 0.717) is 0 Å². The lowest BCUT2D eigenvalue weighted by molar-refractivity contribution is 1.75. The first-order valence-electron chi connectivity index (χ1n) is 4.23. The molecule has 0 fully saturated rings. The maximum atomic E-state index is 3.02. The molecule has 2 rings (SSSR count). The van der Waals surface area contributed by atoms with Crippen LogP contribution in [0.15, 0.2) is 54.6 Å². The van der Waals surface area contributed by atoms with Crippen LogP contribution >= 0.6 is 8.58 Å². The monoisotopic (exact) mass is 185 g/mol. The van der Waals surface area contributed by atoms with Gasteiger partial charge in [-0.1, -0.05) is 63.2 Å². The molecule has 1 radical (unpaired) electrons. The molecule has 2 aromatic rings. The zero-order chi connectivity index (χ0) is 8.93. The molecule has 1 unspecified atom stereocenters. The molecule has 0 aromatic heterocycles. The third kappa shape index (κ3) is 2.40. The summed E-state index contributed by atoms with van der Waals surface area (Å²) < 4.78 is 0. The minimum Gasteiger partial charge on any atom is -0.0622 e. The Labute approximate surface area is 80.4 Å². The van der Waals surface area contributed by atoms with Gasteiger partial charge in [0.25, 0.3) is 0 Å². The van der Waals surface area contributed by atoms with Gasteiger partial charge in [-0.25, -0.2) is 0 Å². The molecule has 0 nitrogen and oxygen atoms in total. The predicted octanol–water partition coefficient (Wildman–Crippen LogP) is 2.12. The van der Waals surface area contributed by atoms with Crippen molar-refractivity contribution in [2.24, 2.45) is 0 Å². The van der Waals surface area contributed by atoms with Crippen LogP contribution in [0.25, 0.3) is 0 Å². The maximum absolute atomic E-state index is 3.02. The van der Waals surface area contributed by atoms with Gasteiger partial charge in [0.1, 0.15) is 0 Å². The zero-order valence-corrected chi connectivity index (χ0v) is 8.20. The summed E-state index contributed by atoms with van der Waals surface area (Å²) in [5, 5.41) is 2.75. The van der Waals surface area contributed by atoms with Gasteiger partial charge in [-0.15, -0.1) is 0 Å². The van der Waals surface area contributed by atoms with E-state index in [4.69, 9.17) is 0 Å². The maximum Gasteiger partial charge on any atom is -0.0184 e. The van der Waals surface area contributed by atoms with Gasteiger partial charge in [0.2, 0.25) is 0 Å². The minimum absolute atomic E-state index is 0.757. The fraction of sp³-hybridized carbons (Fsp3) is 0. The van der Waals surface area contributed by atoms with Crippen LogP contribution in [0.5, 0.6) is 0 Å². The van der Waals surface area contributed by atoms with Crippen molar-refractivity contribution in [3.05, 3.63) is 60.7 Å². The van der Waals surface area contributed by atoms with Crippen LogP contribution in [0, 0.1) is 6.07 Å². The molecular formula is C12H10P. The average molecular weight is 185 g/mol. The molecular weight excluding hydrogens is 175 g/mol. The van der Waals surface area contributed by atoms with Gasteiger partial charge in [0.15, 0.2) is 0 Å². The van der Waals surface area contributed by atoms with Crippen LogP contribution in [0.1, 0.15) is 0 Å². The molecule has 0 spiro atoms. The molecule has 0 amide bonds. The van der Waals surface area contributed by atoms with E-state index in [1.54, 1.807) is 0 Å². The quantitative estimate of drug-likeness (QED) is 0.628. The Kier molecular flexibility index (Phi) is 2.74. The third-order valence-corrected chi connectivity index (χ3v) is 3.02. The van der Waals surface area contributed by atoms with Crippen LogP contribution in [0.2, 0.25) is 0 Å². The van der Waals surface area contributed by atoms with Crippen molar-refractivity contribution in [3.63, 3.8) is 0 Å². The standard InChI is InChI=1S/C12H10P/c1-3-7-11(8-4-1)13-12-9-5-2-6-10-12/h1,3-10,13H. The molecule has 0 N–H and O–H groups in total. The lowest BCUT2D eigenvalue weighted by Crippen LogP contribution is -2.01. The summed E-state index contributed by atoms with van der Waals surface area (Å²) in [5.41, 5.74) is 0. The fourth-order valence-electron chi connectivity index (χ4n) is 1.16. The first-order valence-corrected chi connectivity index (χ1v) is 5.23. The highest BCUT2D eigenvalue weighted by molar-refractivity contribution is 7.55. The summed E-state index contributed by atoms with van der Waals surface area (Å²) in [6, 6.07) is 21.7. The van der Waals surface area contributed by atoms with E-state index in [-0.39, 0.29) is 0 Å². The smallest absolute Gasteiger partial charge is 0.0184 e. The SMILES string of the molecule is [c]1ccc(Pc2ccccc2)cc1. The van der Waals surface area contributed by atoms with Crippen LogP contribution in [0.3, 0.4) is 0 Å². The lowest BCUT2D eigenvalue weighted by atomic mass is 10.4. The van der Waals surface area contributed by atoms with E-state index >= 15 is 0 Å². The van der Waals surface area contributed by atoms with Crippen molar-refractivity contribution >= 4 is 19.2 Å². The van der Waals surface area contributed by atoms with Gasteiger partial charge in [0.05, 0.1) is 0 Å². The highest BCUT2D eigenvalue weighted by atomic mass is 31.1. The highest BCUT2D eigenvalue weighted by Crippen LogP contribution is 2.08. The van der Waals surface area contributed by atoms with Crippen LogP contribution in [-0.2, 0) is 0 Å². The van der Waals surface area contributed by atoms with Crippen molar-refractivity contribution < 1.29 is 0 Å². The molecule has 0 aliphatic rings. The van der Waals surface area contributed by atoms with E-state index < -0.39 is 0 Å². The molecule has 1 atom stereocenters. The molecule has 0 aliphatic carbocycles. The Morgan fingerprint density at radius 1 is 0.769 bits per heavy atom. The number of hydrogen-bond acceptors (Lipinski definition) is 0. The molecule has 0 saturated heterocycles. The number of benzene rings is 2. The topological polar surface area (TPSA) is 0 Å². The highest BCUT2D eigenvalue weighted by Gasteiger charge is 1.92. The van der Waals surface area contributed by atoms with E-state index in [2.05, 4.69) is 42.5 Å². The summed E-state index contributed by atoms with van der Waals surface area (Å²) >= 11 is 0. The van der Waals surface area contributed by atoms with Crippen molar-refractivity contribution in [1.29, 1.82) is 0 Å². The average Bonchev–Trinajstić information content (AvgIpc) is 2.21. The molecule has 0 aliphatic heterocycles. The summed E-state index contributed by atoms with van der Waals surface area (Å²) in [6.45, 7) is 0. The normalized spacial score (nSPS) is 9.85. The van der Waals surface area contributed by atoms with E-state index in [1.165, 1.54) is 10.6 Å². The van der Waals surface area contributed by atoms with Crippen molar-refractivity contribution in [2.75, 3.05) is 0 Å². The second-order valence-electron chi connectivity index (χ2n) is 2.78. The van der Waals surface area contributed by atoms with Crippen molar-refractivity contribution in [3.8, 4) is 0 Å². The van der Waals surface area contributed by atoms with Crippen LogP contribution < -0.4 is 10.6 Å². The first kappa shape index (κ1) is 8.47. The number of rotatable bonds is 2. The van der Waals surface area contributed by atoms with E-state index in [1.807, 2.05) is 18.2 Å². The Bertz CT molecular complexity index is 316. The summed E-state index contributed by atoms with van der Waals surface area (Å²) in [6.07, 6.45) is 0. The Balaban J connectivity index is 2.16. The largest absolute Gasteiger partial charge is 0.0622 e. The molecule has 2 aromatic carbocycles. The molecule has 0 bridgehead atoms. The molecule has 13 heavy (non-hydrogen) atoms. The second kappa shape index (κ2) is 4.20. The lowest BCUT2D eigenvalue weighted by Gasteiger charge is -2.00. The van der Waals surface area contributed by atoms with Crippen molar-refractivity contribution in [1.82, 2.24) is 0 Å². The zero-order valence-electron chi connectivity index (χ0n) is 7.20. The Morgan fingerprint density at radius 2 is 1.38 bits per heavy atom. The molecule has 0 heterocycles. The van der Waals surface area contributed by atoms with Gasteiger partial charge >= 0.3 is 0 Å². The summed E-state index contributed by atoms with van der Waals surface area (Å²) in [5.74, 6) is 0. The van der Waals surface area contributed by atoms with E-state index in [0.717, 1.165) is 8.58 Å². The van der Waals surface area contributed by atoms with Gasteiger partial charge in [-0.2, -0.15) is 0 Å². The molecule has 0 saturated carbocycles. The fourth-order valence-corrected chi connectivity index (χ4v) is 2.18. The predicted molar refractivity (Wildman–Crippen MR) is 59.3 cm³/mol. The van der Waals surface area contributed by atoms with Gasteiger partial charge in [0, 0.05) is 0 Å². The Hall–Kier alpha value is -1.13. The Morgan fingerprint density at radius 3 is 2.08 bits per heavy atom. The van der Waals surface area contributed by atoms with Gasteiger partial charge in [-0.05, 0) is 16.7 Å². The summed E-state index contributed by atoms with van der Waals surface area (Å²) in [7, 11) is 0.757. The van der Waals surface area contributed by atoms with Crippen LogP contribution in [0.4, 0.5) is 0 Å². The minimum atomic E-state index is 0.757. The second-order valence-corrected chi connectivity index (χ2v) is 4.18. The van der Waals surface area contributed by atoms with Crippen molar-refractivity contribution in [2.45, 2.75) is 0 Å².